The normalized spacial score (nSPS) is 25.5. The van der Waals surface area contributed by atoms with Crippen molar-refractivity contribution in [2.45, 2.75) is 25.8 Å². The van der Waals surface area contributed by atoms with Crippen LogP contribution >= 0.6 is 23.2 Å². The van der Waals surface area contributed by atoms with Crippen molar-refractivity contribution in [1.82, 2.24) is 14.8 Å². The lowest BCUT2D eigenvalue weighted by atomic mass is 9.78. The van der Waals surface area contributed by atoms with E-state index in [1.54, 1.807) is 17.3 Å². The van der Waals surface area contributed by atoms with Gasteiger partial charge < -0.3 is 10.0 Å². The number of likely N-dealkylation sites (tertiary alicyclic amines) is 2. The second kappa shape index (κ2) is 6.93. The van der Waals surface area contributed by atoms with Crippen molar-refractivity contribution in [2.75, 3.05) is 32.8 Å². The lowest BCUT2D eigenvalue weighted by Gasteiger charge is -2.39. The molecule has 1 atom stereocenters. The molecular formula is C16H21Cl2N3O2. The van der Waals surface area contributed by atoms with Crippen molar-refractivity contribution in [3.63, 3.8) is 0 Å². The standard InChI is InChI=1S/C16H21Cl2N3O2/c17-13-8-19-9-14(18)12(13)10-20-5-3-16(11-20)2-1-4-21(6-7-22)15(16)23/h8-9,22H,1-7,10-11H2/t16-/m0/s1. The Kier molecular flexibility index (Phi) is 5.11. The van der Waals surface area contributed by atoms with E-state index in [0.717, 1.165) is 44.5 Å². The molecule has 2 fully saturated rings. The van der Waals surface area contributed by atoms with Gasteiger partial charge in [0.05, 0.1) is 22.1 Å². The lowest BCUT2D eigenvalue weighted by Crippen LogP contribution is -2.50. The average molecular weight is 358 g/mol. The van der Waals surface area contributed by atoms with Crippen LogP contribution in [0.5, 0.6) is 0 Å². The van der Waals surface area contributed by atoms with Crippen LogP contribution in [0.4, 0.5) is 0 Å². The van der Waals surface area contributed by atoms with E-state index in [1.807, 2.05) is 0 Å². The number of carbonyl (C=O) groups excluding carboxylic acids is 1. The molecule has 1 amide bonds. The Bertz CT molecular complexity index is 576. The smallest absolute Gasteiger partial charge is 0.230 e. The molecule has 23 heavy (non-hydrogen) atoms. The van der Waals surface area contributed by atoms with Gasteiger partial charge in [0.15, 0.2) is 0 Å². The molecule has 1 spiro atoms. The highest BCUT2D eigenvalue weighted by molar-refractivity contribution is 6.35. The van der Waals surface area contributed by atoms with E-state index in [1.165, 1.54) is 0 Å². The molecule has 0 radical (unpaired) electrons. The Hall–Kier alpha value is -0.880. The molecule has 3 heterocycles. The van der Waals surface area contributed by atoms with Crippen molar-refractivity contribution in [2.24, 2.45) is 5.41 Å². The SMILES string of the molecule is O=C1N(CCO)CCC[C@@]12CCN(Cc1c(Cl)cncc1Cl)C2. The molecule has 2 aliphatic rings. The third-order valence-electron chi connectivity index (χ3n) is 4.96. The predicted molar refractivity (Wildman–Crippen MR) is 89.5 cm³/mol. The van der Waals surface area contributed by atoms with Crippen molar-refractivity contribution in [3.8, 4) is 0 Å². The van der Waals surface area contributed by atoms with E-state index in [2.05, 4.69) is 9.88 Å². The fraction of sp³-hybridized carbons (Fsp3) is 0.625. The van der Waals surface area contributed by atoms with Crippen molar-refractivity contribution in [1.29, 1.82) is 0 Å². The maximum Gasteiger partial charge on any atom is 0.230 e. The Labute approximate surface area is 146 Å². The Morgan fingerprint density at radius 1 is 1.22 bits per heavy atom. The zero-order chi connectivity index (χ0) is 16.4. The first kappa shape index (κ1) is 17.0. The fourth-order valence-corrected chi connectivity index (χ4v) is 4.25. The molecule has 126 valence electrons. The van der Waals surface area contributed by atoms with Gasteiger partial charge in [-0.15, -0.1) is 0 Å². The first-order valence-corrected chi connectivity index (χ1v) is 8.72. The van der Waals surface area contributed by atoms with Gasteiger partial charge in [0.25, 0.3) is 0 Å². The molecular weight excluding hydrogens is 337 g/mol. The fourth-order valence-electron chi connectivity index (χ4n) is 3.77. The van der Waals surface area contributed by atoms with Crippen LogP contribution in [0.25, 0.3) is 0 Å². The number of aliphatic hydroxyl groups is 1. The number of rotatable bonds is 4. The summed E-state index contributed by atoms with van der Waals surface area (Å²) in [4.78, 5) is 20.8. The highest BCUT2D eigenvalue weighted by Gasteiger charge is 2.48. The maximum absolute atomic E-state index is 12.8. The Balaban J connectivity index is 1.71. The van der Waals surface area contributed by atoms with Gasteiger partial charge in [-0.3, -0.25) is 14.7 Å². The Morgan fingerprint density at radius 2 is 1.96 bits per heavy atom. The summed E-state index contributed by atoms with van der Waals surface area (Å²) in [7, 11) is 0. The van der Waals surface area contributed by atoms with Gasteiger partial charge in [-0.25, -0.2) is 0 Å². The number of hydrogen-bond donors (Lipinski definition) is 1. The van der Waals surface area contributed by atoms with Gasteiger partial charge in [-0.2, -0.15) is 0 Å². The molecule has 5 nitrogen and oxygen atoms in total. The summed E-state index contributed by atoms with van der Waals surface area (Å²) in [5.41, 5.74) is 0.565. The van der Waals surface area contributed by atoms with Crippen LogP contribution in [0, 0.1) is 5.41 Å². The molecule has 3 rings (SSSR count). The second-order valence-corrected chi connectivity index (χ2v) is 7.26. The average Bonchev–Trinajstić information content (AvgIpc) is 2.92. The van der Waals surface area contributed by atoms with Crippen LogP contribution < -0.4 is 0 Å². The van der Waals surface area contributed by atoms with E-state index in [4.69, 9.17) is 28.3 Å². The number of piperidine rings is 1. The number of nitrogens with zero attached hydrogens (tertiary/aromatic N) is 3. The molecule has 2 saturated heterocycles. The van der Waals surface area contributed by atoms with E-state index in [9.17, 15) is 4.79 Å². The summed E-state index contributed by atoms with van der Waals surface area (Å²) in [5.74, 6) is 0.187. The largest absolute Gasteiger partial charge is 0.395 e. The van der Waals surface area contributed by atoms with Crippen molar-refractivity contribution in [3.05, 3.63) is 28.0 Å². The van der Waals surface area contributed by atoms with Gasteiger partial charge in [-0.1, -0.05) is 23.2 Å². The van der Waals surface area contributed by atoms with E-state index >= 15 is 0 Å². The lowest BCUT2D eigenvalue weighted by molar-refractivity contribution is -0.146. The summed E-state index contributed by atoms with van der Waals surface area (Å²) in [5, 5.41) is 10.3. The third kappa shape index (κ3) is 3.33. The van der Waals surface area contributed by atoms with E-state index < -0.39 is 0 Å². The van der Waals surface area contributed by atoms with E-state index in [-0.39, 0.29) is 17.9 Å². The minimum Gasteiger partial charge on any atom is -0.395 e. The van der Waals surface area contributed by atoms with Crippen LogP contribution in [0.1, 0.15) is 24.8 Å². The third-order valence-corrected chi connectivity index (χ3v) is 5.61. The summed E-state index contributed by atoms with van der Waals surface area (Å²) in [6.07, 6.45) is 5.97. The molecule has 0 aliphatic carbocycles. The van der Waals surface area contributed by atoms with Crippen LogP contribution in [0.3, 0.4) is 0 Å². The van der Waals surface area contributed by atoms with Gasteiger partial charge in [0.2, 0.25) is 5.91 Å². The number of hydrogen-bond acceptors (Lipinski definition) is 4. The monoisotopic (exact) mass is 357 g/mol. The quantitative estimate of drug-likeness (QED) is 0.897. The number of halogens is 2. The van der Waals surface area contributed by atoms with Gasteiger partial charge >= 0.3 is 0 Å². The minimum atomic E-state index is -0.306. The van der Waals surface area contributed by atoms with Gasteiger partial charge in [0.1, 0.15) is 0 Å². The molecule has 2 aliphatic heterocycles. The van der Waals surface area contributed by atoms with Gasteiger partial charge in [0, 0.05) is 44.1 Å². The topological polar surface area (TPSA) is 56.7 Å². The minimum absolute atomic E-state index is 0.0216. The van der Waals surface area contributed by atoms with Crippen LogP contribution in [-0.4, -0.2) is 58.6 Å². The van der Waals surface area contributed by atoms with Crippen LogP contribution in [-0.2, 0) is 11.3 Å². The second-order valence-electron chi connectivity index (χ2n) is 6.44. The highest BCUT2D eigenvalue weighted by Crippen LogP contribution is 2.41. The number of β-amino-alcohol motifs (C(OH)–C–C–N with tert-alkyl or cyclic N) is 1. The summed E-state index contributed by atoms with van der Waals surface area (Å²) in [6, 6.07) is 0. The zero-order valence-electron chi connectivity index (χ0n) is 13.0. The molecule has 0 unspecified atom stereocenters. The maximum atomic E-state index is 12.8. The summed E-state index contributed by atoms with van der Waals surface area (Å²) < 4.78 is 0. The molecule has 0 bridgehead atoms. The van der Waals surface area contributed by atoms with Crippen molar-refractivity contribution >= 4 is 29.1 Å². The summed E-state index contributed by atoms with van der Waals surface area (Å²) >= 11 is 12.4. The number of aliphatic hydroxyl groups excluding tert-OH is 1. The number of pyridine rings is 1. The van der Waals surface area contributed by atoms with E-state index in [0.29, 0.717) is 23.1 Å². The first-order chi connectivity index (χ1) is 11.1. The molecule has 1 aromatic rings. The number of aromatic nitrogens is 1. The molecule has 0 aromatic carbocycles. The Morgan fingerprint density at radius 3 is 2.65 bits per heavy atom. The van der Waals surface area contributed by atoms with Crippen LogP contribution in [0.2, 0.25) is 10.0 Å². The number of amides is 1. The van der Waals surface area contributed by atoms with Gasteiger partial charge in [-0.05, 0) is 25.8 Å². The van der Waals surface area contributed by atoms with Crippen molar-refractivity contribution < 1.29 is 9.90 Å². The molecule has 1 N–H and O–H groups in total. The predicted octanol–water partition coefficient (Wildman–Crippen LogP) is 2.20. The zero-order valence-corrected chi connectivity index (χ0v) is 14.5. The first-order valence-electron chi connectivity index (χ1n) is 7.96. The summed E-state index contributed by atoms with van der Waals surface area (Å²) in [6.45, 7) is 3.42. The highest BCUT2D eigenvalue weighted by atomic mass is 35.5. The van der Waals surface area contributed by atoms with Crippen LogP contribution in [0.15, 0.2) is 12.4 Å². The molecule has 7 heteroatoms. The molecule has 0 saturated carbocycles. The molecule has 1 aromatic heterocycles. The number of carbonyl (C=O) groups is 1.